The molecule has 4 radical (unpaired) electrons. The van der Waals surface area contributed by atoms with Crippen LogP contribution in [0.3, 0.4) is 0 Å². The van der Waals surface area contributed by atoms with E-state index in [1.54, 1.807) is 16.0 Å². The lowest BCUT2D eigenvalue weighted by molar-refractivity contribution is 0.465. The van der Waals surface area contributed by atoms with Crippen LogP contribution in [0.4, 0.5) is 0 Å². The Morgan fingerprint density at radius 3 is 1.94 bits per heavy atom. The molecular weight excluding hydrogens is 478 g/mol. The molecule has 34 heavy (non-hydrogen) atoms. The summed E-state index contributed by atoms with van der Waals surface area (Å²) in [5.74, 6) is 0. The highest BCUT2D eigenvalue weighted by molar-refractivity contribution is 7.17. The van der Waals surface area contributed by atoms with E-state index in [1.807, 2.05) is 11.3 Å². The van der Waals surface area contributed by atoms with Crippen LogP contribution in [0.2, 0.25) is 0 Å². The summed E-state index contributed by atoms with van der Waals surface area (Å²) in [5, 5.41) is 2.86. The minimum Gasteiger partial charge on any atom is -0.139 e. The van der Waals surface area contributed by atoms with Crippen LogP contribution in [-0.4, -0.2) is 32.6 Å². The van der Waals surface area contributed by atoms with E-state index in [0.717, 1.165) is 0 Å². The third-order valence-electron chi connectivity index (χ3n) is 8.56. The number of fused-ring (bicyclic) bond motifs is 11. The first kappa shape index (κ1) is 22.4. The Kier molecular flexibility index (Phi) is 4.17. The van der Waals surface area contributed by atoms with Gasteiger partial charge in [0.05, 0.1) is 0 Å². The van der Waals surface area contributed by atoms with Crippen LogP contribution >= 0.6 is 22.7 Å². The summed E-state index contributed by atoms with van der Waals surface area (Å²) in [6.45, 7) is 16.6. The molecule has 2 heterocycles. The SMILES string of the molecule is CC(C)(C)c1cc2c(s1)-c1c(ccc3c4c(ccc13)[C](C)([Al])c1c-4sc3c1CC3(C)C)[C]2(C)[Al]. The molecule has 166 valence electrons. The largest absolute Gasteiger partial charge is 0.145 e. The smallest absolute Gasteiger partial charge is 0.139 e. The van der Waals surface area contributed by atoms with E-state index < -0.39 is 0 Å². The zero-order valence-electron chi connectivity index (χ0n) is 21.1. The molecule has 2 aromatic carbocycles. The van der Waals surface area contributed by atoms with Gasteiger partial charge in [-0.2, -0.15) is 0 Å². The van der Waals surface area contributed by atoms with Gasteiger partial charge < -0.3 is 0 Å². The predicted octanol–water partition coefficient (Wildman–Crippen LogP) is 7.92. The van der Waals surface area contributed by atoms with E-state index in [4.69, 9.17) is 0 Å². The fraction of sp³-hybridized carbons (Fsp3) is 0.400. The van der Waals surface area contributed by atoms with Crippen molar-refractivity contribution in [3.8, 4) is 20.9 Å². The van der Waals surface area contributed by atoms with Crippen LogP contribution in [0.5, 0.6) is 0 Å². The third-order valence-corrected chi connectivity index (χ3v) is 13.0. The van der Waals surface area contributed by atoms with Gasteiger partial charge in [0.25, 0.3) is 0 Å². The van der Waals surface area contributed by atoms with Crippen LogP contribution in [0.1, 0.15) is 86.0 Å². The van der Waals surface area contributed by atoms with Crippen molar-refractivity contribution >= 4 is 66.0 Å². The molecule has 2 atom stereocenters. The van der Waals surface area contributed by atoms with E-state index >= 15 is 0 Å². The lowest BCUT2D eigenvalue weighted by atomic mass is 9.70. The molecule has 4 aromatic rings. The van der Waals surface area contributed by atoms with Crippen molar-refractivity contribution in [3.05, 3.63) is 67.9 Å². The van der Waals surface area contributed by atoms with Crippen LogP contribution in [0.25, 0.3) is 31.7 Å². The molecule has 3 aliphatic carbocycles. The molecule has 0 N–H and O–H groups in total. The number of hydrogen-bond donors (Lipinski definition) is 0. The number of rotatable bonds is 0. The molecule has 2 aromatic heterocycles. The molecule has 0 fully saturated rings. The first-order valence-electron chi connectivity index (χ1n) is 12.2. The molecule has 3 aliphatic rings. The molecule has 0 saturated carbocycles. The second kappa shape index (κ2) is 6.35. The van der Waals surface area contributed by atoms with E-state index in [2.05, 4.69) is 123 Å². The first-order valence-corrected chi connectivity index (χ1v) is 15.0. The Labute approximate surface area is 227 Å². The van der Waals surface area contributed by atoms with E-state index in [-0.39, 0.29) is 14.0 Å². The Morgan fingerprint density at radius 2 is 1.35 bits per heavy atom. The van der Waals surface area contributed by atoms with Gasteiger partial charge in [0.15, 0.2) is 0 Å². The van der Waals surface area contributed by atoms with Crippen molar-refractivity contribution in [2.24, 2.45) is 0 Å². The van der Waals surface area contributed by atoms with Gasteiger partial charge in [0, 0.05) is 36.1 Å². The van der Waals surface area contributed by atoms with Crippen LogP contribution < -0.4 is 0 Å². The van der Waals surface area contributed by atoms with E-state index in [0.29, 0.717) is 5.41 Å². The Bertz CT molecular complexity index is 1580. The van der Waals surface area contributed by atoms with Crippen molar-refractivity contribution in [1.82, 2.24) is 0 Å². The fourth-order valence-corrected chi connectivity index (χ4v) is 10.9. The predicted molar refractivity (Wildman–Crippen MR) is 150 cm³/mol. The van der Waals surface area contributed by atoms with Crippen LogP contribution in [0.15, 0.2) is 30.3 Å². The zero-order valence-corrected chi connectivity index (χ0v) is 25.0. The first-order chi connectivity index (χ1) is 15.7. The van der Waals surface area contributed by atoms with Crippen molar-refractivity contribution in [2.45, 2.75) is 74.3 Å². The average Bonchev–Trinajstić information content (AvgIpc) is 3.41. The lowest BCUT2D eigenvalue weighted by Gasteiger charge is -2.38. The van der Waals surface area contributed by atoms with Gasteiger partial charge in [0.1, 0.15) is 32.6 Å². The summed E-state index contributed by atoms with van der Waals surface area (Å²) in [5.41, 5.74) is 11.1. The van der Waals surface area contributed by atoms with Gasteiger partial charge in [-0.3, -0.25) is 0 Å². The summed E-state index contributed by atoms with van der Waals surface area (Å²) in [6, 6.07) is 12.2. The molecule has 0 saturated heterocycles. The minimum absolute atomic E-state index is 0.00106. The van der Waals surface area contributed by atoms with Crippen molar-refractivity contribution < 1.29 is 0 Å². The molecule has 0 aliphatic heterocycles. The second-order valence-corrected chi connectivity index (χ2v) is 17.1. The topological polar surface area (TPSA) is 0 Å². The summed E-state index contributed by atoms with van der Waals surface area (Å²) < 4.78 is -0.0323. The molecule has 0 bridgehead atoms. The van der Waals surface area contributed by atoms with Crippen LogP contribution in [-0.2, 0) is 25.8 Å². The molecule has 4 heteroatoms. The van der Waals surface area contributed by atoms with Gasteiger partial charge in [-0.15, -0.1) is 22.7 Å². The standard InChI is InChI=1S/C30H28S2.2Al/c1-14-16-8-10-19-18(24(16)26-20(14)12-22(31-26)29(3,4)5)11-9-17-15(2)23-21-13-30(6,7)28(21)32-27(23)25(17)19;;/h8-12H,13H2,1-7H3;;. The van der Waals surface area contributed by atoms with Crippen molar-refractivity contribution in [2.75, 3.05) is 0 Å². The normalized spacial score (nSPS) is 25.5. The molecule has 0 nitrogen and oxygen atoms in total. The summed E-state index contributed by atoms with van der Waals surface area (Å²) in [4.78, 5) is 6.10. The lowest BCUT2D eigenvalue weighted by Crippen LogP contribution is -2.33. The van der Waals surface area contributed by atoms with Gasteiger partial charge in [-0.05, 0) is 56.5 Å². The maximum Gasteiger partial charge on any atom is 0.145 e. The Hall–Kier alpha value is -0.835. The van der Waals surface area contributed by atoms with Crippen molar-refractivity contribution in [3.63, 3.8) is 0 Å². The zero-order chi connectivity index (χ0) is 24.2. The molecule has 0 amide bonds. The second-order valence-electron chi connectivity index (χ2n) is 12.8. The number of benzene rings is 2. The molecular formula is C30H28Al2S2. The van der Waals surface area contributed by atoms with Crippen LogP contribution in [0, 0.1) is 0 Å². The highest BCUT2D eigenvalue weighted by atomic mass is 32.1. The quantitative estimate of drug-likeness (QED) is 0.213. The van der Waals surface area contributed by atoms with E-state index in [1.165, 1.54) is 59.6 Å². The maximum atomic E-state index is 3.22. The number of hydrogen-bond acceptors (Lipinski definition) is 2. The monoisotopic (exact) mass is 506 g/mol. The highest BCUT2D eigenvalue weighted by Gasteiger charge is 2.48. The number of thiophene rings is 2. The molecule has 7 rings (SSSR count). The summed E-state index contributed by atoms with van der Waals surface area (Å²) in [6.07, 6.45) is 1.21. The Morgan fingerprint density at radius 1 is 0.765 bits per heavy atom. The van der Waals surface area contributed by atoms with Gasteiger partial charge in [-0.1, -0.05) is 81.3 Å². The average molecular weight is 507 g/mol. The maximum absolute atomic E-state index is 3.22. The third kappa shape index (κ3) is 2.52. The van der Waals surface area contributed by atoms with Crippen molar-refractivity contribution in [1.29, 1.82) is 0 Å². The van der Waals surface area contributed by atoms with Gasteiger partial charge >= 0.3 is 0 Å². The van der Waals surface area contributed by atoms with E-state index in [9.17, 15) is 0 Å². The van der Waals surface area contributed by atoms with Gasteiger partial charge in [0.2, 0.25) is 0 Å². The highest BCUT2D eigenvalue weighted by Crippen LogP contribution is 2.62. The fourth-order valence-electron chi connectivity index (χ4n) is 6.69. The Balaban J connectivity index is 1.55. The van der Waals surface area contributed by atoms with Gasteiger partial charge in [-0.25, -0.2) is 0 Å². The summed E-state index contributed by atoms with van der Waals surface area (Å²) >= 11 is 10.5. The molecule has 0 spiro atoms. The summed E-state index contributed by atoms with van der Waals surface area (Å²) in [7, 11) is 0. The minimum atomic E-state index is -0.0334. The molecule has 2 unspecified atom stereocenters.